The minimum absolute atomic E-state index is 0.187. The number of hydrogen-bond acceptors (Lipinski definition) is 5. The summed E-state index contributed by atoms with van der Waals surface area (Å²) in [5, 5.41) is 18.1. The lowest BCUT2D eigenvalue weighted by atomic mass is 10.0. The van der Waals surface area contributed by atoms with Crippen molar-refractivity contribution < 1.29 is 24.2 Å². The van der Waals surface area contributed by atoms with Crippen LogP contribution >= 0.6 is 0 Å². The van der Waals surface area contributed by atoms with E-state index in [1.807, 2.05) is 0 Å². The summed E-state index contributed by atoms with van der Waals surface area (Å²) in [5.74, 6) is -1.89. The van der Waals surface area contributed by atoms with E-state index in [1.165, 1.54) is 19.1 Å². The van der Waals surface area contributed by atoms with Crippen LogP contribution in [0.2, 0.25) is 0 Å². The first-order valence-corrected chi connectivity index (χ1v) is 6.10. The number of aromatic hydroxyl groups is 1. The van der Waals surface area contributed by atoms with Gasteiger partial charge in [0.15, 0.2) is 5.78 Å². The molecule has 6 heteroatoms. The summed E-state index contributed by atoms with van der Waals surface area (Å²) < 4.78 is 5.01. The number of rotatable bonds is 6. The molecule has 0 fully saturated rings. The monoisotopic (exact) mass is 280 g/mol. The van der Waals surface area contributed by atoms with E-state index in [0.717, 1.165) is 6.08 Å². The molecule has 0 aromatic carbocycles. The molecule has 20 heavy (non-hydrogen) atoms. The Morgan fingerprint density at radius 1 is 1.45 bits per heavy atom. The maximum Gasteiger partial charge on any atom is 0.350 e. The molecule has 1 unspecified atom stereocenters. The van der Waals surface area contributed by atoms with Gasteiger partial charge in [-0.25, -0.2) is 9.59 Å². The average Bonchev–Trinajstić information content (AvgIpc) is 2.32. The van der Waals surface area contributed by atoms with E-state index >= 15 is 0 Å². The zero-order valence-electron chi connectivity index (χ0n) is 11.3. The van der Waals surface area contributed by atoms with Crippen LogP contribution in [0.5, 0.6) is 5.75 Å². The Bertz CT molecular complexity index is 596. The van der Waals surface area contributed by atoms with Crippen LogP contribution in [-0.2, 0) is 4.79 Å². The van der Waals surface area contributed by atoms with Gasteiger partial charge in [-0.1, -0.05) is 13.0 Å². The third kappa shape index (κ3) is 4.08. The number of aliphatic carboxylic acids is 1. The molecule has 108 valence electrons. The largest absolute Gasteiger partial charge is 0.507 e. The van der Waals surface area contributed by atoms with Gasteiger partial charge in [-0.05, 0) is 19.8 Å². The smallest absolute Gasteiger partial charge is 0.350 e. The fourth-order valence-electron chi connectivity index (χ4n) is 1.74. The van der Waals surface area contributed by atoms with Crippen molar-refractivity contribution in [3.63, 3.8) is 0 Å². The molecule has 6 nitrogen and oxygen atoms in total. The van der Waals surface area contributed by atoms with Gasteiger partial charge in [-0.2, -0.15) is 0 Å². The highest BCUT2D eigenvalue weighted by atomic mass is 16.4. The highest BCUT2D eigenvalue weighted by molar-refractivity contribution is 5.96. The fourth-order valence-corrected chi connectivity index (χ4v) is 1.74. The number of carbonyl (C=O) groups excluding carboxylic acids is 1. The third-order valence-corrected chi connectivity index (χ3v) is 2.81. The zero-order valence-corrected chi connectivity index (χ0v) is 11.3. The predicted octanol–water partition coefficient (Wildman–Crippen LogP) is 2.07. The second-order valence-electron chi connectivity index (χ2n) is 4.47. The van der Waals surface area contributed by atoms with Gasteiger partial charge >= 0.3 is 11.6 Å². The summed E-state index contributed by atoms with van der Waals surface area (Å²) in [7, 11) is 0. The molecule has 0 aliphatic carbocycles. The van der Waals surface area contributed by atoms with Gasteiger partial charge in [0.05, 0.1) is 0 Å². The van der Waals surface area contributed by atoms with E-state index < -0.39 is 23.1 Å². The summed E-state index contributed by atoms with van der Waals surface area (Å²) in [4.78, 5) is 33.0. The van der Waals surface area contributed by atoms with E-state index in [-0.39, 0.29) is 17.2 Å². The van der Waals surface area contributed by atoms with Gasteiger partial charge < -0.3 is 14.6 Å². The van der Waals surface area contributed by atoms with Gasteiger partial charge in [-0.15, -0.1) is 0 Å². The van der Waals surface area contributed by atoms with Crippen molar-refractivity contribution in [2.75, 3.05) is 0 Å². The first-order valence-electron chi connectivity index (χ1n) is 6.10. The van der Waals surface area contributed by atoms with Gasteiger partial charge in [0.2, 0.25) is 0 Å². The Morgan fingerprint density at radius 2 is 2.10 bits per heavy atom. The summed E-state index contributed by atoms with van der Waals surface area (Å²) in [6, 6.07) is 1.25. The molecule has 1 rings (SSSR count). The maximum absolute atomic E-state index is 11.6. The van der Waals surface area contributed by atoms with E-state index in [0.29, 0.717) is 12.8 Å². The molecule has 0 spiro atoms. The zero-order chi connectivity index (χ0) is 15.3. The molecule has 1 aromatic rings. The Labute approximate surface area is 115 Å². The first kappa shape index (κ1) is 15.7. The summed E-state index contributed by atoms with van der Waals surface area (Å²) >= 11 is 0. The van der Waals surface area contributed by atoms with Crippen molar-refractivity contribution in [3.05, 3.63) is 40.0 Å². The lowest BCUT2D eigenvalue weighted by molar-refractivity contribution is -0.131. The van der Waals surface area contributed by atoms with Crippen LogP contribution in [0.15, 0.2) is 27.4 Å². The van der Waals surface area contributed by atoms with Crippen molar-refractivity contribution in [2.24, 2.45) is 0 Å². The number of carboxylic acids is 1. The molecule has 0 radical (unpaired) electrons. The Hall–Kier alpha value is -2.37. The molecule has 0 saturated carbocycles. The average molecular weight is 280 g/mol. The van der Waals surface area contributed by atoms with Crippen LogP contribution in [0.4, 0.5) is 0 Å². The Balaban J connectivity index is 2.85. The summed E-state index contributed by atoms with van der Waals surface area (Å²) in [5.41, 5.74) is -1.22. The number of Topliss-reactive ketones (excluding diaryl/α,β-unsaturated/α-hetero) is 1. The molecule has 1 atom stereocenters. The van der Waals surface area contributed by atoms with Crippen LogP contribution in [0.1, 0.15) is 48.7 Å². The van der Waals surface area contributed by atoms with Crippen LogP contribution in [0.3, 0.4) is 0 Å². The molecule has 0 saturated heterocycles. The minimum Gasteiger partial charge on any atom is -0.507 e. The number of carbonyl (C=O) groups is 2. The molecule has 2 N–H and O–H groups in total. The van der Waals surface area contributed by atoms with Crippen molar-refractivity contribution in [2.45, 2.75) is 32.6 Å². The van der Waals surface area contributed by atoms with Gasteiger partial charge in [0, 0.05) is 18.1 Å². The fraction of sp³-hybridized carbons (Fsp3) is 0.357. The SMILES string of the molecule is CC(=O)c1c(O)cc(C(C)CCC=CC(=O)O)oc1=O. The Kier molecular flexibility index (Phi) is 5.25. The highest BCUT2D eigenvalue weighted by Crippen LogP contribution is 2.24. The molecule has 0 bridgehead atoms. The molecular formula is C14H16O6. The lowest BCUT2D eigenvalue weighted by Crippen LogP contribution is -2.13. The van der Waals surface area contributed by atoms with Gasteiger partial charge in [0.1, 0.15) is 17.1 Å². The van der Waals surface area contributed by atoms with E-state index in [4.69, 9.17) is 9.52 Å². The summed E-state index contributed by atoms with van der Waals surface area (Å²) in [6.07, 6.45) is 3.58. The molecule has 1 aromatic heterocycles. The normalized spacial score (nSPS) is 12.5. The Morgan fingerprint density at radius 3 is 2.60 bits per heavy atom. The second-order valence-corrected chi connectivity index (χ2v) is 4.47. The first-order chi connectivity index (χ1) is 9.32. The lowest BCUT2D eigenvalue weighted by Gasteiger charge is -2.10. The molecule has 0 amide bonds. The van der Waals surface area contributed by atoms with Crippen molar-refractivity contribution in [1.29, 1.82) is 0 Å². The van der Waals surface area contributed by atoms with E-state index in [2.05, 4.69) is 0 Å². The quantitative estimate of drug-likeness (QED) is 0.610. The molecule has 1 heterocycles. The number of allylic oxidation sites excluding steroid dienone is 1. The third-order valence-electron chi connectivity index (χ3n) is 2.81. The molecule has 0 aliphatic rings. The maximum atomic E-state index is 11.6. The topological polar surface area (TPSA) is 105 Å². The van der Waals surface area contributed by atoms with Crippen molar-refractivity contribution >= 4 is 11.8 Å². The van der Waals surface area contributed by atoms with Crippen molar-refractivity contribution in [1.82, 2.24) is 0 Å². The van der Waals surface area contributed by atoms with Gasteiger partial charge in [-0.3, -0.25) is 4.79 Å². The molecule has 0 aliphatic heterocycles. The van der Waals surface area contributed by atoms with Crippen LogP contribution in [0, 0.1) is 0 Å². The van der Waals surface area contributed by atoms with Crippen LogP contribution < -0.4 is 5.63 Å². The molecular weight excluding hydrogens is 264 g/mol. The highest BCUT2D eigenvalue weighted by Gasteiger charge is 2.17. The minimum atomic E-state index is -1.02. The summed E-state index contributed by atoms with van der Waals surface area (Å²) in [6.45, 7) is 2.95. The van der Waals surface area contributed by atoms with Crippen LogP contribution in [-0.4, -0.2) is 22.0 Å². The standard InChI is InChI=1S/C14H16O6/c1-8(5-3-4-6-12(17)18)11-7-10(16)13(9(2)15)14(19)20-11/h4,6-8,16H,3,5H2,1-2H3,(H,17,18). The number of hydrogen-bond donors (Lipinski definition) is 2. The van der Waals surface area contributed by atoms with Gasteiger partial charge in [0.25, 0.3) is 0 Å². The second kappa shape index (κ2) is 6.70. The van der Waals surface area contributed by atoms with Crippen LogP contribution in [0.25, 0.3) is 0 Å². The number of carboxylic acid groups (broad SMARTS) is 1. The van der Waals surface area contributed by atoms with E-state index in [9.17, 15) is 19.5 Å². The van der Waals surface area contributed by atoms with E-state index in [1.54, 1.807) is 6.92 Å². The van der Waals surface area contributed by atoms with Crippen molar-refractivity contribution in [3.8, 4) is 5.75 Å². The predicted molar refractivity (Wildman–Crippen MR) is 71.1 cm³/mol. The number of ketones is 1.